The third-order valence-corrected chi connectivity index (χ3v) is 3.97. The van der Waals surface area contributed by atoms with Crippen molar-refractivity contribution in [2.24, 2.45) is 0 Å². The van der Waals surface area contributed by atoms with Gasteiger partial charge in [0.2, 0.25) is 11.7 Å². The molecule has 2 N–H and O–H groups in total. The normalized spacial score (nSPS) is 11.0. The molecule has 30 heavy (non-hydrogen) atoms. The van der Waals surface area contributed by atoms with Gasteiger partial charge in [0.15, 0.2) is 29.0 Å². The summed E-state index contributed by atoms with van der Waals surface area (Å²) in [4.78, 5) is 22.7. The van der Waals surface area contributed by atoms with Crippen molar-refractivity contribution in [1.29, 1.82) is 0 Å². The lowest BCUT2D eigenvalue weighted by Gasteiger charge is -2.08. The Balaban J connectivity index is 1.63. The lowest BCUT2D eigenvalue weighted by molar-refractivity contribution is -0.116. The number of hydrogen-bond acceptors (Lipinski definition) is 4. The van der Waals surface area contributed by atoms with E-state index in [0.29, 0.717) is 0 Å². The van der Waals surface area contributed by atoms with Crippen LogP contribution in [-0.2, 0) is 17.9 Å². The van der Waals surface area contributed by atoms with Crippen LogP contribution in [0.2, 0.25) is 0 Å². The van der Waals surface area contributed by atoms with Crippen LogP contribution in [0.5, 0.6) is 0 Å². The number of halogens is 5. The molecule has 2 heterocycles. The van der Waals surface area contributed by atoms with Gasteiger partial charge < -0.3 is 10.4 Å². The highest BCUT2D eigenvalue weighted by atomic mass is 19.2. The number of amides is 1. The smallest absolute Gasteiger partial charge is 0.356 e. The van der Waals surface area contributed by atoms with E-state index < -0.39 is 53.1 Å². The highest BCUT2D eigenvalue weighted by Crippen LogP contribution is 2.24. The summed E-state index contributed by atoms with van der Waals surface area (Å²) in [6.45, 7) is -0.676. The monoisotopic (exact) mass is 429 g/mol. The Kier molecular flexibility index (Phi) is 5.80. The number of hydrogen-bond donors (Lipinski definition) is 2. The van der Waals surface area contributed by atoms with Gasteiger partial charge in [-0.15, -0.1) is 0 Å². The molecule has 158 valence electrons. The Labute approximate surface area is 164 Å². The molecule has 13 heteroatoms. The lowest BCUT2D eigenvalue weighted by Crippen LogP contribution is -2.15. The van der Waals surface area contributed by atoms with E-state index in [1.807, 2.05) is 0 Å². The first kappa shape index (κ1) is 21.0. The zero-order chi connectivity index (χ0) is 22.0. The summed E-state index contributed by atoms with van der Waals surface area (Å²) >= 11 is 0. The standard InChI is InChI=1S/C17H12F5N5O3/c18-12-9(13(19)15(21)16(22)14(12)20)7-27-6-8(5-23-27)24-11(28)2-4-26-3-1-10(25-26)17(29)30/h1,3,5-6H,2,4,7H2,(H,24,28)(H,29,30). The summed E-state index contributed by atoms with van der Waals surface area (Å²) in [5.41, 5.74) is -1.12. The van der Waals surface area contributed by atoms with Crippen LogP contribution in [0.1, 0.15) is 22.5 Å². The number of nitrogens with zero attached hydrogens (tertiary/aromatic N) is 4. The Bertz CT molecular complexity index is 1100. The van der Waals surface area contributed by atoms with Crippen molar-refractivity contribution in [1.82, 2.24) is 19.6 Å². The quantitative estimate of drug-likeness (QED) is 0.342. The number of aromatic nitrogens is 4. The maximum atomic E-state index is 13.7. The minimum atomic E-state index is -2.25. The number of carbonyl (C=O) groups is 2. The summed E-state index contributed by atoms with van der Waals surface area (Å²) in [6.07, 6.45) is 3.58. The number of anilines is 1. The molecule has 0 aliphatic carbocycles. The average molecular weight is 429 g/mol. The van der Waals surface area contributed by atoms with Crippen molar-refractivity contribution in [2.75, 3.05) is 5.32 Å². The van der Waals surface area contributed by atoms with Crippen LogP contribution < -0.4 is 5.32 Å². The van der Waals surface area contributed by atoms with Crippen LogP contribution in [0.25, 0.3) is 0 Å². The fraction of sp³-hybridized carbons (Fsp3) is 0.176. The molecule has 0 aliphatic rings. The van der Waals surface area contributed by atoms with E-state index >= 15 is 0 Å². The molecule has 0 saturated heterocycles. The Morgan fingerprint density at radius 2 is 1.63 bits per heavy atom. The summed E-state index contributed by atoms with van der Waals surface area (Å²) in [5, 5.41) is 18.7. The molecule has 0 saturated carbocycles. The summed E-state index contributed by atoms with van der Waals surface area (Å²) in [6, 6.07) is 1.27. The van der Waals surface area contributed by atoms with Gasteiger partial charge in [0.1, 0.15) is 0 Å². The minimum Gasteiger partial charge on any atom is -0.476 e. The van der Waals surface area contributed by atoms with Gasteiger partial charge >= 0.3 is 5.97 Å². The van der Waals surface area contributed by atoms with Gasteiger partial charge in [-0.3, -0.25) is 14.2 Å². The molecule has 1 aromatic carbocycles. The summed E-state index contributed by atoms with van der Waals surface area (Å²) in [7, 11) is 0. The van der Waals surface area contributed by atoms with E-state index in [1.165, 1.54) is 16.9 Å². The number of nitrogens with one attached hydrogen (secondary N) is 1. The number of carbonyl (C=O) groups excluding carboxylic acids is 1. The van der Waals surface area contributed by atoms with Crippen LogP contribution in [0.15, 0.2) is 24.7 Å². The maximum absolute atomic E-state index is 13.7. The second-order valence-electron chi connectivity index (χ2n) is 6.04. The third kappa shape index (κ3) is 4.29. The molecule has 0 bridgehead atoms. The second kappa shape index (κ2) is 8.31. The van der Waals surface area contributed by atoms with Gasteiger partial charge in [0.25, 0.3) is 0 Å². The molecule has 0 fully saturated rings. The second-order valence-corrected chi connectivity index (χ2v) is 6.04. The van der Waals surface area contributed by atoms with Gasteiger partial charge in [0.05, 0.1) is 24.0 Å². The maximum Gasteiger partial charge on any atom is 0.356 e. The zero-order valence-corrected chi connectivity index (χ0v) is 14.9. The molecule has 3 rings (SSSR count). The van der Waals surface area contributed by atoms with E-state index in [2.05, 4.69) is 15.5 Å². The van der Waals surface area contributed by atoms with Gasteiger partial charge in [-0.1, -0.05) is 0 Å². The molecule has 1 amide bonds. The molecule has 0 radical (unpaired) electrons. The highest BCUT2D eigenvalue weighted by Gasteiger charge is 2.26. The van der Waals surface area contributed by atoms with Crippen LogP contribution >= 0.6 is 0 Å². The minimum absolute atomic E-state index is 0.0798. The fourth-order valence-electron chi connectivity index (χ4n) is 2.51. The Hall–Kier alpha value is -3.77. The van der Waals surface area contributed by atoms with Crippen molar-refractivity contribution in [2.45, 2.75) is 19.5 Å². The number of aromatic carboxylic acids is 1. The van der Waals surface area contributed by atoms with Gasteiger partial charge in [0, 0.05) is 25.4 Å². The van der Waals surface area contributed by atoms with Crippen molar-refractivity contribution < 1.29 is 36.6 Å². The first-order valence-corrected chi connectivity index (χ1v) is 8.26. The van der Waals surface area contributed by atoms with Crippen molar-refractivity contribution in [3.63, 3.8) is 0 Å². The number of carboxylic acid groups (broad SMARTS) is 1. The fourth-order valence-corrected chi connectivity index (χ4v) is 2.51. The van der Waals surface area contributed by atoms with Crippen LogP contribution in [0.3, 0.4) is 0 Å². The zero-order valence-electron chi connectivity index (χ0n) is 14.9. The first-order chi connectivity index (χ1) is 14.2. The number of aryl methyl sites for hydroxylation is 1. The first-order valence-electron chi connectivity index (χ1n) is 8.26. The Morgan fingerprint density at radius 1 is 1.00 bits per heavy atom. The van der Waals surface area contributed by atoms with E-state index in [-0.39, 0.29) is 24.3 Å². The van der Waals surface area contributed by atoms with Crippen LogP contribution in [0, 0.1) is 29.1 Å². The Morgan fingerprint density at radius 3 is 2.23 bits per heavy atom. The van der Waals surface area contributed by atoms with Crippen molar-refractivity contribution >= 4 is 17.6 Å². The lowest BCUT2D eigenvalue weighted by atomic mass is 10.1. The van der Waals surface area contributed by atoms with E-state index in [9.17, 15) is 31.5 Å². The van der Waals surface area contributed by atoms with Gasteiger partial charge in [-0.25, -0.2) is 26.7 Å². The highest BCUT2D eigenvalue weighted by molar-refractivity contribution is 5.90. The average Bonchev–Trinajstić information content (AvgIpc) is 3.36. The SMILES string of the molecule is O=C(CCn1ccc(C(=O)O)n1)Nc1cnn(Cc2c(F)c(F)c(F)c(F)c2F)c1. The summed E-state index contributed by atoms with van der Waals surface area (Å²) < 4.78 is 69.3. The molecular formula is C17H12F5N5O3. The molecule has 8 nitrogen and oxygen atoms in total. The molecule has 0 unspecified atom stereocenters. The van der Waals surface area contributed by atoms with Gasteiger partial charge in [-0.05, 0) is 6.07 Å². The van der Waals surface area contributed by atoms with E-state index in [4.69, 9.17) is 5.11 Å². The molecule has 3 aromatic rings. The molecule has 0 atom stereocenters. The summed E-state index contributed by atoms with van der Waals surface area (Å²) in [5.74, 6) is -12.0. The van der Waals surface area contributed by atoms with Crippen molar-refractivity contribution in [3.8, 4) is 0 Å². The molecule has 0 spiro atoms. The molecule has 2 aromatic heterocycles. The predicted molar refractivity (Wildman–Crippen MR) is 90.0 cm³/mol. The predicted octanol–water partition coefficient (Wildman–Crippen LogP) is 2.55. The van der Waals surface area contributed by atoms with Crippen LogP contribution in [-0.4, -0.2) is 36.5 Å². The van der Waals surface area contributed by atoms with E-state index in [0.717, 1.165) is 17.1 Å². The largest absolute Gasteiger partial charge is 0.476 e. The third-order valence-electron chi connectivity index (χ3n) is 3.97. The van der Waals surface area contributed by atoms with E-state index in [1.54, 1.807) is 0 Å². The van der Waals surface area contributed by atoms with Gasteiger partial charge in [-0.2, -0.15) is 10.2 Å². The topological polar surface area (TPSA) is 102 Å². The number of carboxylic acids is 1. The van der Waals surface area contributed by atoms with Crippen molar-refractivity contribution in [3.05, 3.63) is 65.0 Å². The number of benzene rings is 1. The van der Waals surface area contributed by atoms with Crippen LogP contribution in [0.4, 0.5) is 27.6 Å². The molecule has 0 aliphatic heterocycles. The molecular weight excluding hydrogens is 417 g/mol. The number of rotatable bonds is 7.